The van der Waals surface area contributed by atoms with Crippen LogP contribution in [-0.4, -0.2) is 54.7 Å². The van der Waals surface area contributed by atoms with Crippen molar-refractivity contribution in [2.45, 2.75) is 51.6 Å². The van der Waals surface area contributed by atoms with E-state index in [9.17, 15) is 22.8 Å². The fraction of sp³-hybridized carbons (Fsp3) is 0.440. The van der Waals surface area contributed by atoms with E-state index in [1.807, 2.05) is 0 Å². The van der Waals surface area contributed by atoms with Crippen LogP contribution in [0.3, 0.4) is 0 Å². The number of ether oxygens (including phenoxy) is 3. The molecule has 196 valence electrons. The quantitative estimate of drug-likeness (QED) is 0.337. The van der Waals surface area contributed by atoms with Gasteiger partial charge in [-0.3, -0.25) is 4.79 Å². The molecule has 0 aliphatic carbocycles. The summed E-state index contributed by atoms with van der Waals surface area (Å²) in [5.41, 5.74) is 0.487. The molecular weight excluding hydrogens is 501 g/mol. The maximum atomic E-state index is 12.7. The van der Waals surface area contributed by atoms with Crippen LogP contribution in [-0.2, 0) is 14.3 Å². The highest BCUT2D eigenvalue weighted by atomic mass is 35.5. The third-order valence-electron chi connectivity index (χ3n) is 5.22. The van der Waals surface area contributed by atoms with Crippen molar-refractivity contribution in [3.63, 3.8) is 0 Å². The summed E-state index contributed by atoms with van der Waals surface area (Å²) in [5.74, 6) is -0.305. The lowest BCUT2D eigenvalue weighted by molar-refractivity contribution is -0.274. The molecule has 1 saturated heterocycles. The zero-order valence-electron chi connectivity index (χ0n) is 20.2. The zero-order chi connectivity index (χ0) is 26.5. The van der Waals surface area contributed by atoms with Crippen molar-refractivity contribution in [3.8, 4) is 16.9 Å². The number of piperidine rings is 1. The number of amides is 1. The highest BCUT2D eigenvalue weighted by molar-refractivity contribution is 6.33. The Hall–Kier alpha value is -2.98. The molecule has 7 nitrogen and oxygen atoms in total. The van der Waals surface area contributed by atoms with Gasteiger partial charge in [0.15, 0.2) is 0 Å². The third-order valence-corrected chi connectivity index (χ3v) is 5.54. The van der Waals surface area contributed by atoms with Gasteiger partial charge in [-0.1, -0.05) is 35.9 Å². The Balaban J connectivity index is 1.59. The Morgan fingerprint density at radius 3 is 2.53 bits per heavy atom. The van der Waals surface area contributed by atoms with Gasteiger partial charge >= 0.3 is 12.5 Å². The molecule has 0 aromatic heterocycles. The highest BCUT2D eigenvalue weighted by Crippen LogP contribution is 2.38. The summed E-state index contributed by atoms with van der Waals surface area (Å²) in [6, 6.07) is 10.1. The summed E-state index contributed by atoms with van der Waals surface area (Å²) in [6.45, 7) is 5.75. The van der Waals surface area contributed by atoms with Gasteiger partial charge in [0, 0.05) is 36.2 Å². The monoisotopic (exact) mass is 528 g/mol. The first-order valence-corrected chi connectivity index (χ1v) is 11.7. The average Bonchev–Trinajstić information content (AvgIpc) is 2.75. The molecule has 0 spiro atoms. The topological polar surface area (TPSA) is 77.1 Å². The van der Waals surface area contributed by atoms with Crippen LogP contribution in [0.1, 0.15) is 33.6 Å². The number of halogens is 4. The van der Waals surface area contributed by atoms with Gasteiger partial charge in [0.1, 0.15) is 23.9 Å². The number of hydrogen-bond acceptors (Lipinski definition) is 6. The van der Waals surface area contributed by atoms with Crippen LogP contribution >= 0.6 is 11.6 Å². The maximum Gasteiger partial charge on any atom is 0.573 e. The summed E-state index contributed by atoms with van der Waals surface area (Å²) in [4.78, 5) is 26.0. The SMILES string of the molecule is CC(C)(C)OC(=O)N1CCC(=O)C[C@@H]1COCNc1ccc(-c2ccccc2OC(F)(F)F)c(Cl)c1. The normalized spacial score (nSPS) is 16.6. The fourth-order valence-electron chi connectivity index (χ4n) is 3.69. The largest absolute Gasteiger partial charge is 0.573 e. The van der Waals surface area contributed by atoms with Crippen LogP contribution in [0.15, 0.2) is 42.5 Å². The predicted molar refractivity (Wildman–Crippen MR) is 129 cm³/mol. The number of alkyl halides is 3. The van der Waals surface area contributed by atoms with E-state index in [4.69, 9.17) is 21.1 Å². The van der Waals surface area contributed by atoms with Gasteiger partial charge < -0.3 is 24.4 Å². The highest BCUT2D eigenvalue weighted by Gasteiger charge is 2.34. The minimum atomic E-state index is -4.83. The van der Waals surface area contributed by atoms with E-state index in [-0.39, 0.29) is 54.8 Å². The molecule has 0 saturated carbocycles. The number of Topliss-reactive ketones (excluding diaryl/α,β-unsaturated/α-hetero) is 1. The van der Waals surface area contributed by atoms with Crippen molar-refractivity contribution in [1.82, 2.24) is 4.90 Å². The van der Waals surface area contributed by atoms with Gasteiger partial charge in [0.25, 0.3) is 0 Å². The molecule has 0 bridgehead atoms. The second-order valence-electron chi connectivity index (χ2n) is 9.25. The van der Waals surface area contributed by atoms with E-state index in [0.29, 0.717) is 11.3 Å². The first kappa shape index (κ1) is 27.6. The minimum absolute atomic E-state index is 0.0496. The summed E-state index contributed by atoms with van der Waals surface area (Å²) < 4.78 is 53.4. The maximum absolute atomic E-state index is 12.7. The van der Waals surface area contributed by atoms with Gasteiger partial charge in [0.2, 0.25) is 0 Å². The number of para-hydroxylation sites is 1. The van der Waals surface area contributed by atoms with Crippen molar-refractivity contribution in [2.24, 2.45) is 0 Å². The lowest BCUT2D eigenvalue weighted by atomic mass is 10.0. The van der Waals surface area contributed by atoms with Crippen LogP contribution in [0, 0.1) is 0 Å². The number of rotatable bonds is 7. The Kier molecular flexibility index (Phi) is 8.73. The van der Waals surface area contributed by atoms with Gasteiger partial charge in [0.05, 0.1) is 17.7 Å². The van der Waals surface area contributed by atoms with Crippen LogP contribution in [0.2, 0.25) is 5.02 Å². The Morgan fingerprint density at radius 2 is 1.86 bits per heavy atom. The summed E-state index contributed by atoms with van der Waals surface area (Å²) in [6.07, 6.45) is -4.87. The molecule has 1 heterocycles. The zero-order valence-corrected chi connectivity index (χ0v) is 20.9. The van der Waals surface area contributed by atoms with Crippen LogP contribution < -0.4 is 10.1 Å². The number of benzene rings is 2. The van der Waals surface area contributed by atoms with Crippen LogP contribution in [0.4, 0.5) is 23.7 Å². The molecule has 1 amide bonds. The molecule has 3 rings (SSSR count). The summed E-state index contributed by atoms with van der Waals surface area (Å²) >= 11 is 6.35. The Labute approximate surface area is 212 Å². The van der Waals surface area contributed by atoms with Crippen molar-refractivity contribution >= 4 is 29.2 Å². The minimum Gasteiger partial charge on any atom is -0.444 e. The molecule has 1 aliphatic rings. The second-order valence-corrected chi connectivity index (χ2v) is 9.66. The third kappa shape index (κ3) is 8.03. The van der Waals surface area contributed by atoms with Crippen LogP contribution in [0.25, 0.3) is 11.1 Å². The number of hydrogen-bond donors (Lipinski definition) is 1. The first-order chi connectivity index (χ1) is 16.8. The van der Waals surface area contributed by atoms with Gasteiger partial charge in [-0.05, 0) is 39.0 Å². The molecule has 2 aromatic carbocycles. The number of carbonyl (C=O) groups is 2. The standard InChI is InChI=1S/C25H28ClF3N2O5/c1-24(2,3)36-23(33)31-11-10-18(32)13-17(31)14-34-15-30-16-8-9-19(21(26)12-16)20-6-4-5-7-22(20)35-25(27,28)29/h4-9,12,17,30H,10-11,13-15H2,1-3H3/t17-/m1/s1. The molecular formula is C25H28ClF3N2O5. The van der Waals surface area contributed by atoms with Crippen molar-refractivity contribution in [3.05, 3.63) is 47.5 Å². The molecule has 0 unspecified atom stereocenters. The number of anilines is 1. The molecule has 2 aromatic rings. The number of nitrogens with zero attached hydrogens (tertiary/aromatic N) is 1. The van der Waals surface area contributed by atoms with Gasteiger partial charge in [-0.2, -0.15) is 0 Å². The Bertz CT molecular complexity index is 1090. The van der Waals surface area contributed by atoms with Gasteiger partial charge in [-0.25, -0.2) is 4.79 Å². The van der Waals surface area contributed by atoms with Crippen molar-refractivity contribution in [1.29, 1.82) is 0 Å². The average molecular weight is 529 g/mol. The number of ketones is 1. The molecule has 1 aliphatic heterocycles. The number of carbonyl (C=O) groups excluding carboxylic acids is 2. The van der Waals surface area contributed by atoms with E-state index in [1.165, 1.54) is 23.1 Å². The number of nitrogens with one attached hydrogen (secondary N) is 1. The Morgan fingerprint density at radius 1 is 1.14 bits per heavy atom. The van der Waals surface area contributed by atoms with E-state index in [1.54, 1.807) is 45.0 Å². The van der Waals surface area contributed by atoms with E-state index < -0.39 is 24.1 Å². The first-order valence-electron chi connectivity index (χ1n) is 11.3. The predicted octanol–water partition coefficient (Wildman–Crippen LogP) is 6.26. The molecule has 36 heavy (non-hydrogen) atoms. The lowest BCUT2D eigenvalue weighted by Crippen LogP contribution is -2.50. The van der Waals surface area contributed by atoms with E-state index >= 15 is 0 Å². The molecule has 1 atom stereocenters. The molecule has 1 fully saturated rings. The molecule has 11 heteroatoms. The number of likely N-dealkylation sites (tertiary alicyclic amines) is 1. The second kappa shape index (κ2) is 11.4. The smallest absolute Gasteiger partial charge is 0.444 e. The van der Waals surface area contributed by atoms with E-state index in [0.717, 1.165) is 0 Å². The molecule has 0 radical (unpaired) electrons. The lowest BCUT2D eigenvalue weighted by Gasteiger charge is -2.36. The summed E-state index contributed by atoms with van der Waals surface area (Å²) in [7, 11) is 0. The van der Waals surface area contributed by atoms with Crippen molar-refractivity contribution in [2.75, 3.05) is 25.2 Å². The molecule has 1 N–H and O–H groups in total. The summed E-state index contributed by atoms with van der Waals surface area (Å²) in [5, 5.41) is 3.23. The van der Waals surface area contributed by atoms with E-state index in [2.05, 4.69) is 10.1 Å². The van der Waals surface area contributed by atoms with Crippen LogP contribution in [0.5, 0.6) is 5.75 Å². The fourth-order valence-corrected chi connectivity index (χ4v) is 3.97. The van der Waals surface area contributed by atoms with Gasteiger partial charge in [-0.15, -0.1) is 13.2 Å². The van der Waals surface area contributed by atoms with Crippen molar-refractivity contribution < 1.29 is 37.0 Å².